The van der Waals surface area contributed by atoms with Gasteiger partial charge in [-0.05, 0) is 55.8 Å². The molecule has 0 fully saturated rings. The number of rotatable bonds is 5. The lowest BCUT2D eigenvalue weighted by Crippen LogP contribution is -1.99. The third-order valence-electron chi connectivity index (χ3n) is 2.71. The van der Waals surface area contributed by atoms with Gasteiger partial charge in [-0.1, -0.05) is 25.1 Å². The average Bonchev–Trinajstić information content (AvgIpc) is 2.18. The molecule has 0 atom stereocenters. The zero-order chi connectivity index (χ0) is 10.4. The van der Waals surface area contributed by atoms with Gasteiger partial charge >= 0.3 is 0 Å². The van der Waals surface area contributed by atoms with Crippen LogP contribution in [0.25, 0.3) is 0 Å². The summed E-state index contributed by atoms with van der Waals surface area (Å²) in [6, 6.07) is 6.82. The Balaban J connectivity index is 2.57. The smallest absolute Gasteiger partial charge is 0.00772 e. The molecule has 0 radical (unpaired) electrons. The zero-order valence-corrected chi connectivity index (χ0v) is 9.34. The molecule has 0 aliphatic rings. The van der Waals surface area contributed by atoms with E-state index in [-0.39, 0.29) is 0 Å². The number of unbranched alkanes of at least 4 members (excludes halogenated alkanes) is 1. The molecule has 0 unspecified atom stereocenters. The van der Waals surface area contributed by atoms with Crippen LogP contribution < -0.4 is 5.73 Å². The molecule has 2 N–H and O–H groups in total. The van der Waals surface area contributed by atoms with Crippen molar-refractivity contribution in [2.24, 2.45) is 5.73 Å². The van der Waals surface area contributed by atoms with Crippen LogP contribution in [0.15, 0.2) is 18.2 Å². The second-order valence-electron chi connectivity index (χ2n) is 3.86. The molecule has 1 rings (SSSR count). The van der Waals surface area contributed by atoms with Gasteiger partial charge in [0, 0.05) is 0 Å². The highest BCUT2D eigenvalue weighted by Gasteiger charge is 1.98. The van der Waals surface area contributed by atoms with Crippen molar-refractivity contribution in [1.82, 2.24) is 0 Å². The van der Waals surface area contributed by atoms with Crippen LogP contribution in [0.4, 0.5) is 0 Å². The fourth-order valence-electron chi connectivity index (χ4n) is 1.78. The van der Waals surface area contributed by atoms with Gasteiger partial charge in [0.05, 0.1) is 0 Å². The number of hydrogen-bond acceptors (Lipinski definition) is 1. The summed E-state index contributed by atoms with van der Waals surface area (Å²) < 4.78 is 0. The predicted octanol–water partition coefficient (Wildman–Crippen LogP) is 2.84. The molecular weight excluding hydrogens is 170 g/mol. The monoisotopic (exact) mass is 191 g/mol. The lowest BCUT2D eigenvalue weighted by Gasteiger charge is -2.06. The van der Waals surface area contributed by atoms with Crippen LogP contribution in [-0.2, 0) is 12.8 Å². The van der Waals surface area contributed by atoms with Crippen molar-refractivity contribution in [3.8, 4) is 0 Å². The summed E-state index contributed by atoms with van der Waals surface area (Å²) in [5, 5.41) is 0. The van der Waals surface area contributed by atoms with E-state index in [0.717, 1.165) is 19.4 Å². The van der Waals surface area contributed by atoms with Gasteiger partial charge in [0.15, 0.2) is 0 Å². The summed E-state index contributed by atoms with van der Waals surface area (Å²) >= 11 is 0. The molecule has 1 heteroatoms. The molecule has 0 saturated carbocycles. The Hall–Kier alpha value is -0.820. The van der Waals surface area contributed by atoms with E-state index in [4.69, 9.17) is 5.73 Å². The van der Waals surface area contributed by atoms with Crippen LogP contribution in [0.3, 0.4) is 0 Å². The molecule has 0 saturated heterocycles. The van der Waals surface area contributed by atoms with Crippen LogP contribution in [0.5, 0.6) is 0 Å². The van der Waals surface area contributed by atoms with Crippen LogP contribution >= 0.6 is 0 Å². The highest BCUT2D eigenvalue weighted by Crippen LogP contribution is 2.13. The molecule has 0 spiro atoms. The topological polar surface area (TPSA) is 26.0 Å². The molecule has 0 heterocycles. The van der Waals surface area contributed by atoms with Crippen LogP contribution in [0, 0.1) is 6.92 Å². The fourth-order valence-corrected chi connectivity index (χ4v) is 1.78. The molecule has 14 heavy (non-hydrogen) atoms. The first-order chi connectivity index (χ1) is 6.77. The van der Waals surface area contributed by atoms with E-state index in [1.54, 1.807) is 0 Å². The van der Waals surface area contributed by atoms with Crippen molar-refractivity contribution in [3.05, 3.63) is 34.9 Å². The average molecular weight is 191 g/mol. The molecule has 0 amide bonds. The molecular formula is C13H21N. The normalized spacial score (nSPS) is 10.5. The maximum absolute atomic E-state index is 5.47. The summed E-state index contributed by atoms with van der Waals surface area (Å²) in [5.41, 5.74) is 9.81. The number of hydrogen-bond donors (Lipinski definition) is 1. The summed E-state index contributed by atoms with van der Waals surface area (Å²) in [6.07, 6.45) is 4.65. The van der Waals surface area contributed by atoms with Gasteiger partial charge in [0.2, 0.25) is 0 Å². The third-order valence-corrected chi connectivity index (χ3v) is 2.71. The number of nitrogens with two attached hydrogens (primary N) is 1. The Kier molecular flexibility index (Phi) is 4.68. The van der Waals surface area contributed by atoms with E-state index in [2.05, 4.69) is 32.0 Å². The van der Waals surface area contributed by atoms with Crippen LogP contribution in [-0.4, -0.2) is 6.54 Å². The fraction of sp³-hybridized carbons (Fsp3) is 0.538. The molecule has 1 aromatic rings. The Morgan fingerprint density at radius 3 is 2.57 bits per heavy atom. The van der Waals surface area contributed by atoms with Gasteiger partial charge in [-0.25, -0.2) is 0 Å². The van der Waals surface area contributed by atoms with Crippen molar-refractivity contribution in [1.29, 1.82) is 0 Å². The zero-order valence-electron chi connectivity index (χ0n) is 9.34. The first kappa shape index (κ1) is 11.3. The van der Waals surface area contributed by atoms with Crippen molar-refractivity contribution < 1.29 is 0 Å². The van der Waals surface area contributed by atoms with Gasteiger partial charge in [-0.15, -0.1) is 0 Å². The summed E-state index contributed by atoms with van der Waals surface area (Å²) in [6.45, 7) is 5.22. The van der Waals surface area contributed by atoms with Gasteiger partial charge < -0.3 is 5.73 Å². The van der Waals surface area contributed by atoms with Gasteiger partial charge in [0.1, 0.15) is 0 Å². The minimum absolute atomic E-state index is 0.812. The minimum Gasteiger partial charge on any atom is -0.330 e. The van der Waals surface area contributed by atoms with Crippen LogP contribution in [0.1, 0.15) is 36.5 Å². The van der Waals surface area contributed by atoms with E-state index < -0.39 is 0 Å². The third kappa shape index (κ3) is 3.15. The number of aryl methyl sites for hydroxylation is 3. The van der Waals surface area contributed by atoms with E-state index in [1.807, 2.05) is 0 Å². The summed E-state index contributed by atoms with van der Waals surface area (Å²) in [7, 11) is 0. The largest absolute Gasteiger partial charge is 0.330 e. The molecule has 0 aromatic heterocycles. The van der Waals surface area contributed by atoms with Gasteiger partial charge in [-0.2, -0.15) is 0 Å². The highest BCUT2D eigenvalue weighted by atomic mass is 14.5. The SMILES string of the molecule is CCc1ccc(CCCCN)cc1C. The molecule has 0 aliphatic heterocycles. The van der Waals surface area contributed by atoms with Crippen molar-refractivity contribution in [2.45, 2.75) is 39.5 Å². The number of benzene rings is 1. The Morgan fingerprint density at radius 2 is 2.00 bits per heavy atom. The first-order valence-corrected chi connectivity index (χ1v) is 5.56. The van der Waals surface area contributed by atoms with Gasteiger partial charge in [-0.3, -0.25) is 0 Å². The minimum atomic E-state index is 0.812. The van der Waals surface area contributed by atoms with E-state index >= 15 is 0 Å². The standard InChI is InChI=1S/C13H21N/c1-3-13-8-7-12(10-11(13)2)6-4-5-9-14/h7-8,10H,3-6,9,14H2,1-2H3. The highest BCUT2D eigenvalue weighted by molar-refractivity contribution is 5.31. The van der Waals surface area contributed by atoms with Crippen LogP contribution in [0.2, 0.25) is 0 Å². The van der Waals surface area contributed by atoms with Crippen molar-refractivity contribution in [3.63, 3.8) is 0 Å². The van der Waals surface area contributed by atoms with Gasteiger partial charge in [0.25, 0.3) is 0 Å². The molecule has 0 bridgehead atoms. The second kappa shape index (κ2) is 5.82. The molecule has 1 nitrogen and oxygen atoms in total. The quantitative estimate of drug-likeness (QED) is 0.712. The second-order valence-corrected chi connectivity index (χ2v) is 3.86. The van der Waals surface area contributed by atoms with Crippen molar-refractivity contribution in [2.75, 3.05) is 6.54 Å². The van der Waals surface area contributed by atoms with E-state index in [9.17, 15) is 0 Å². The summed E-state index contributed by atoms with van der Waals surface area (Å²) in [5.74, 6) is 0. The Bertz CT molecular complexity index is 279. The van der Waals surface area contributed by atoms with E-state index in [0.29, 0.717) is 0 Å². The Morgan fingerprint density at radius 1 is 1.21 bits per heavy atom. The molecule has 78 valence electrons. The maximum Gasteiger partial charge on any atom is -0.00772 e. The Labute approximate surface area is 87.3 Å². The van der Waals surface area contributed by atoms with E-state index in [1.165, 1.54) is 29.5 Å². The lowest BCUT2D eigenvalue weighted by atomic mass is 10.0. The van der Waals surface area contributed by atoms with Crippen molar-refractivity contribution >= 4 is 0 Å². The maximum atomic E-state index is 5.47. The molecule has 1 aromatic carbocycles. The predicted molar refractivity (Wildman–Crippen MR) is 62.5 cm³/mol. The summed E-state index contributed by atoms with van der Waals surface area (Å²) in [4.78, 5) is 0. The first-order valence-electron chi connectivity index (χ1n) is 5.56. The lowest BCUT2D eigenvalue weighted by molar-refractivity contribution is 0.744. The molecule has 0 aliphatic carbocycles.